The SMILES string of the molecule is CC(C)[C@@H](NC(=O)NCCCCC(N)=O)C(=O)O. The fourth-order valence-corrected chi connectivity index (χ4v) is 1.33. The zero-order chi connectivity index (χ0) is 14.1. The maximum atomic E-state index is 11.4. The average molecular weight is 259 g/mol. The molecule has 0 fully saturated rings. The molecular weight excluding hydrogens is 238 g/mol. The predicted molar refractivity (Wildman–Crippen MR) is 65.8 cm³/mol. The first-order chi connectivity index (χ1) is 8.34. The van der Waals surface area contributed by atoms with Crippen LogP contribution in [0.4, 0.5) is 4.79 Å². The summed E-state index contributed by atoms with van der Waals surface area (Å²) >= 11 is 0. The summed E-state index contributed by atoms with van der Waals surface area (Å²) in [6, 6.07) is -1.43. The van der Waals surface area contributed by atoms with Crippen molar-refractivity contribution < 1.29 is 19.5 Å². The lowest BCUT2D eigenvalue weighted by atomic mass is 10.1. The normalized spacial score (nSPS) is 11.9. The highest BCUT2D eigenvalue weighted by Gasteiger charge is 2.22. The molecule has 104 valence electrons. The van der Waals surface area contributed by atoms with Crippen molar-refractivity contribution in [2.75, 3.05) is 6.54 Å². The molecule has 7 nitrogen and oxygen atoms in total. The highest BCUT2D eigenvalue weighted by Crippen LogP contribution is 2.01. The van der Waals surface area contributed by atoms with E-state index in [-0.39, 0.29) is 18.2 Å². The van der Waals surface area contributed by atoms with Crippen molar-refractivity contribution in [1.29, 1.82) is 0 Å². The molecule has 0 unspecified atom stereocenters. The Morgan fingerprint density at radius 3 is 2.28 bits per heavy atom. The molecule has 0 aromatic rings. The van der Waals surface area contributed by atoms with Gasteiger partial charge in [0.2, 0.25) is 5.91 Å². The van der Waals surface area contributed by atoms with Crippen molar-refractivity contribution in [1.82, 2.24) is 10.6 Å². The van der Waals surface area contributed by atoms with E-state index in [1.807, 2.05) is 0 Å². The van der Waals surface area contributed by atoms with Crippen molar-refractivity contribution in [2.45, 2.75) is 39.2 Å². The number of urea groups is 1. The molecule has 18 heavy (non-hydrogen) atoms. The van der Waals surface area contributed by atoms with Gasteiger partial charge in [-0.3, -0.25) is 4.79 Å². The Hall–Kier alpha value is -1.79. The van der Waals surface area contributed by atoms with Crippen molar-refractivity contribution in [2.24, 2.45) is 11.7 Å². The number of nitrogens with one attached hydrogen (secondary N) is 2. The molecule has 0 radical (unpaired) electrons. The van der Waals surface area contributed by atoms with Crippen LogP contribution in [-0.4, -0.2) is 35.6 Å². The van der Waals surface area contributed by atoms with Crippen LogP contribution in [0.3, 0.4) is 0 Å². The summed E-state index contributed by atoms with van der Waals surface area (Å²) in [6.45, 7) is 3.81. The smallest absolute Gasteiger partial charge is 0.326 e. The summed E-state index contributed by atoms with van der Waals surface area (Å²) in [6.07, 6.45) is 1.50. The quantitative estimate of drug-likeness (QED) is 0.460. The van der Waals surface area contributed by atoms with Crippen LogP contribution < -0.4 is 16.4 Å². The van der Waals surface area contributed by atoms with E-state index in [1.54, 1.807) is 13.8 Å². The van der Waals surface area contributed by atoms with Crippen molar-refractivity contribution in [3.63, 3.8) is 0 Å². The van der Waals surface area contributed by atoms with Gasteiger partial charge in [0.1, 0.15) is 6.04 Å². The Labute approximate surface area is 106 Å². The number of amides is 3. The highest BCUT2D eigenvalue weighted by atomic mass is 16.4. The first-order valence-electron chi connectivity index (χ1n) is 5.90. The van der Waals surface area contributed by atoms with Gasteiger partial charge in [-0.05, 0) is 18.8 Å². The predicted octanol–water partition coefficient (Wildman–Crippen LogP) is 0.0504. The van der Waals surface area contributed by atoms with E-state index in [9.17, 15) is 14.4 Å². The molecule has 0 saturated heterocycles. The number of carbonyl (C=O) groups excluding carboxylic acids is 2. The Bertz CT molecular complexity index is 305. The van der Waals surface area contributed by atoms with Crippen LogP contribution in [0.15, 0.2) is 0 Å². The molecule has 0 aromatic carbocycles. The van der Waals surface area contributed by atoms with Gasteiger partial charge in [0, 0.05) is 13.0 Å². The van der Waals surface area contributed by atoms with E-state index >= 15 is 0 Å². The largest absolute Gasteiger partial charge is 0.480 e. The minimum atomic E-state index is -1.06. The monoisotopic (exact) mass is 259 g/mol. The molecule has 0 aliphatic rings. The molecule has 1 atom stereocenters. The van der Waals surface area contributed by atoms with Crippen LogP contribution >= 0.6 is 0 Å². The van der Waals surface area contributed by atoms with Gasteiger partial charge < -0.3 is 21.5 Å². The van der Waals surface area contributed by atoms with E-state index in [0.717, 1.165) is 0 Å². The molecule has 0 rings (SSSR count). The average Bonchev–Trinajstić information content (AvgIpc) is 2.24. The van der Waals surface area contributed by atoms with Crippen LogP contribution in [0.25, 0.3) is 0 Å². The Balaban J connectivity index is 3.82. The first-order valence-corrected chi connectivity index (χ1v) is 5.90. The second-order valence-electron chi connectivity index (χ2n) is 4.38. The van der Waals surface area contributed by atoms with Crippen LogP contribution in [0, 0.1) is 5.92 Å². The molecule has 5 N–H and O–H groups in total. The van der Waals surface area contributed by atoms with E-state index in [0.29, 0.717) is 19.4 Å². The third kappa shape index (κ3) is 7.48. The number of hydrogen-bond acceptors (Lipinski definition) is 3. The van der Waals surface area contributed by atoms with Gasteiger partial charge in [0.05, 0.1) is 0 Å². The molecule has 3 amide bonds. The third-order valence-electron chi connectivity index (χ3n) is 2.35. The third-order valence-corrected chi connectivity index (χ3v) is 2.35. The number of nitrogens with two attached hydrogens (primary N) is 1. The summed E-state index contributed by atoms with van der Waals surface area (Å²) in [4.78, 5) is 32.7. The number of rotatable bonds is 8. The van der Waals surface area contributed by atoms with Gasteiger partial charge >= 0.3 is 12.0 Å². The van der Waals surface area contributed by atoms with E-state index in [2.05, 4.69) is 10.6 Å². The molecular formula is C11H21N3O4. The van der Waals surface area contributed by atoms with Crippen molar-refractivity contribution in [3.05, 3.63) is 0 Å². The molecule has 0 spiro atoms. The molecule has 0 bridgehead atoms. The van der Waals surface area contributed by atoms with Crippen LogP contribution in [-0.2, 0) is 9.59 Å². The van der Waals surface area contributed by atoms with E-state index < -0.39 is 18.0 Å². The zero-order valence-corrected chi connectivity index (χ0v) is 10.7. The fourth-order valence-electron chi connectivity index (χ4n) is 1.33. The van der Waals surface area contributed by atoms with Crippen LogP contribution in [0.1, 0.15) is 33.1 Å². The summed E-state index contributed by atoms with van der Waals surface area (Å²) in [5, 5.41) is 13.8. The summed E-state index contributed by atoms with van der Waals surface area (Å²) in [7, 11) is 0. The number of primary amides is 1. The second kappa shape index (κ2) is 8.32. The maximum absolute atomic E-state index is 11.4. The standard InChI is InChI=1S/C11H21N3O4/c1-7(2)9(10(16)17)14-11(18)13-6-4-3-5-8(12)15/h7,9H,3-6H2,1-2H3,(H2,12,15)(H,16,17)(H2,13,14,18)/t9-/m1/s1. The number of carboxylic acid groups (broad SMARTS) is 1. The first kappa shape index (κ1) is 16.2. The second-order valence-corrected chi connectivity index (χ2v) is 4.38. The van der Waals surface area contributed by atoms with Gasteiger partial charge in [-0.2, -0.15) is 0 Å². The lowest BCUT2D eigenvalue weighted by molar-refractivity contribution is -0.140. The number of carbonyl (C=O) groups is 3. The van der Waals surface area contributed by atoms with Crippen molar-refractivity contribution >= 4 is 17.9 Å². The van der Waals surface area contributed by atoms with Gasteiger partial charge in [-0.25, -0.2) is 9.59 Å². The Kier molecular flexibility index (Phi) is 7.50. The highest BCUT2D eigenvalue weighted by molar-refractivity contribution is 5.82. The zero-order valence-electron chi connectivity index (χ0n) is 10.7. The lowest BCUT2D eigenvalue weighted by Gasteiger charge is -2.18. The summed E-state index contributed by atoms with van der Waals surface area (Å²) in [5.74, 6) is -1.62. The number of hydrogen-bond donors (Lipinski definition) is 4. The van der Waals surface area contributed by atoms with Crippen LogP contribution in [0.5, 0.6) is 0 Å². The molecule has 0 aliphatic heterocycles. The maximum Gasteiger partial charge on any atom is 0.326 e. The van der Waals surface area contributed by atoms with E-state index in [1.165, 1.54) is 0 Å². The molecule has 0 saturated carbocycles. The lowest BCUT2D eigenvalue weighted by Crippen LogP contribution is -2.48. The van der Waals surface area contributed by atoms with Gasteiger partial charge in [0.15, 0.2) is 0 Å². The van der Waals surface area contributed by atoms with Crippen LogP contribution in [0.2, 0.25) is 0 Å². The van der Waals surface area contributed by atoms with E-state index in [4.69, 9.17) is 10.8 Å². The van der Waals surface area contributed by atoms with Gasteiger partial charge in [-0.1, -0.05) is 13.8 Å². The Morgan fingerprint density at radius 1 is 1.22 bits per heavy atom. The molecule has 0 heterocycles. The topological polar surface area (TPSA) is 122 Å². The number of unbranched alkanes of at least 4 members (excludes halogenated alkanes) is 1. The minimum absolute atomic E-state index is 0.192. The molecule has 7 heteroatoms. The summed E-state index contributed by atoms with van der Waals surface area (Å²) in [5.41, 5.74) is 4.96. The van der Waals surface area contributed by atoms with Gasteiger partial charge in [0.25, 0.3) is 0 Å². The Morgan fingerprint density at radius 2 is 1.83 bits per heavy atom. The fraction of sp³-hybridized carbons (Fsp3) is 0.727. The summed E-state index contributed by atoms with van der Waals surface area (Å²) < 4.78 is 0. The van der Waals surface area contributed by atoms with Crippen molar-refractivity contribution in [3.8, 4) is 0 Å². The molecule has 0 aliphatic carbocycles. The number of carboxylic acids is 1. The van der Waals surface area contributed by atoms with Gasteiger partial charge in [-0.15, -0.1) is 0 Å². The molecule has 0 aromatic heterocycles. The minimum Gasteiger partial charge on any atom is -0.480 e. The number of aliphatic carboxylic acids is 1.